The van der Waals surface area contributed by atoms with Crippen LogP contribution in [0.4, 0.5) is 0 Å². The predicted molar refractivity (Wildman–Crippen MR) is 78.5 cm³/mol. The number of aromatic nitrogens is 1. The maximum Gasteiger partial charge on any atom is 0.254 e. The Hall–Kier alpha value is -2.30. The monoisotopic (exact) mass is 273 g/mol. The minimum Gasteiger partial charge on any atom is -0.360 e. The van der Waals surface area contributed by atoms with Crippen molar-refractivity contribution in [2.45, 2.75) is 26.3 Å². The van der Waals surface area contributed by atoms with Gasteiger partial charge < -0.3 is 15.6 Å². The number of amides is 2. The molecule has 0 saturated carbocycles. The number of carbonyl (C=O) groups excluding carboxylic acids is 2. The SMILES string of the molecule is CCCNC(=O)C(C)NC(=O)c1c[nH]c2ccccc12. The molecule has 0 radical (unpaired) electrons. The number of rotatable bonds is 5. The van der Waals surface area contributed by atoms with Gasteiger partial charge in [-0.3, -0.25) is 9.59 Å². The average molecular weight is 273 g/mol. The molecular weight excluding hydrogens is 254 g/mol. The normalized spacial score (nSPS) is 12.1. The van der Waals surface area contributed by atoms with E-state index in [4.69, 9.17) is 0 Å². The number of hydrogen-bond donors (Lipinski definition) is 3. The predicted octanol–water partition coefficient (Wildman–Crippen LogP) is 1.81. The smallest absolute Gasteiger partial charge is 0.254 e. The van der Waals surface area contributed by atoms with Crippen LogP contribution in [-0.4, -0.2) is 29.4 Å². The molecule has 0 fully saturated rings. The van der Waals surface area contributed by atoms with Gasteiger partial charge in [0.1, 0.15) is 6.04 Å². The summed E-state index contributed by atoms with van der Waals surface area (Å²) in [4.78, 5) is 27.0. The standard InChI is InChI=1S/C15H19N3O2/c1-3-8-16-14(19)10(2)18-15(20)12-9-17-13-7-5-4-6-11(12)13/h4-7,9-10,17H,3,8H2,1-2H3,(H,16,19)(H,18,20). The van der Waals surface area contributed by atoms with Crippen molar-refractivity contribution in [2.75, 3.05) is 6.54 Å². The molecule has 1 unspecified atom stereocenters. The minimum atomic E-state index is -0.553. The van der Waals surface area contributed by atoms with Crippen LogP contribution in [0.3, 0.4) is 0 Å². The van der Waals surface area contributed by atoms with E-state index in [9.17, 15) is 9.59 Å². The maximum absolute atomic E-state index is 12.2. The first-order valence-corrected chi connectivity index (χ1v) is 6.78. The van der Waals surface area contributed by atoms with Gasteiger partial charge in [-0.15, -0.1) is 0 Å². The van der Waals surface area contributed by atoms with E-state index < -0.39 is 6.04 Å². The second kappa shape index (κ2) is 6.23. The summed E-state index contributed by atoms with van der Waals surface area (Å²) >= 11 is 0. The molecule has 5 nitrogen and oxygen atoms in total. The van der Waals surface area contributed by atoms with Crippen molar-refractivity contribution in [3.05, 3.63) is 36.0 Å². The molecule has 0 saturated heterocycles. The Bertz CT molecular complexity index is 618. The number of aromatic amines is 1. The molecule has 1 aromatic carbocycles. The Morgan fingerprint density at radius 1 is 1.30 bits per heavy atom. The van der Waals surface area contributed by atoms with Crippen LogP contribution in [0.15, 0.2) is 30.5 Å². The third-order valence-electron chi connectivity index (χ3n) is 3.12. The second-order valence-corrected chi connectivity index (χ2v) is 4.73. The number of H-pyrrole nitrogens is 1. The van der Waals surface area contributed by atoms with Crippen LogP contribution in [0.25, 0.3) is 10.9 Å². The van der Waals surface area contributed by atoms with E-state index in [1.807, 2.05) is 31.2 Å². The van der Waals surface area contributed by atoms with Crippen molar-refractivity contribution in [1.29, 1.82) is 0 Å². The van der Waals surface area contributed by atoms with Gasteiger partial charge >= 0.3 is 0 Å². The molecule has 3 N–H and O–H groups in total. The molecule has 20 heavy (non-hydrogen) atoms. The van der Waals surface area contributed by atoms with Crippen molar-refractivity contribution < 1.29 is 9.59 Å². The summed E-state index contributed by atoms with van der Waals surface area (Å²) in [5, 5.41) is 6.32. The molecular formula is C15H19N3O2. The van der Waals surface area contributed by atoms with E-state index in [0.29, 0.717) is 12.1 Å². The van der Waals surface area contributed by atoms with Gasteiger partial charge in [0, 0.05) is 23.6 Å². The van der Waals surface area contributed by atoms with Crippen LogP contribution in [0.1, 0.15) is 30.6 Å². The number of nitrogens with one attached hydrogen (secondary N) is 3. The molecule has 0 aliphatic carbocycles. The zero-order chi connectivity index (χ0) is 14.5. The first kappa shape index (κ1) is 14.1. The van der Waals surface area contributed by atoms with Gasteiger partial charge in [-0.2, -0.15) is 0 Å². The molecule has 0 spiro atoms. The molecule has 0 bridgehead atoms. The Labute approximate surface area is 117 Å². The minimum absolute atomic E-state index is 0.167. The molecule has 2 aromatic rings. The zero-order valence-corrected chi connectivity index (χ0v) is 11.7. The van der Waals surface area contributed by atoms with Gasteiger partial charge in [0.25, 0.3) is 5.91 Å². The van der Waals surface area contributed by atoms with Gasteiger partial charge in [-0.05, 0) is 19.4 Å². The van der Waals surface area contributed by atoms with Crippen molar-refractivity contribution in [3.8, 4) is 0 Å². The topological polar surface area (TPSA) is 74.0 Å². The lowest BCUT2D eigenvalue weighted by atomic mass is 10.1. The molecule has 2 rings (SSSR count). The lowest BCUT2D eigenvalue weighted by molar-refractivity contribution is -0.122. The highest BCUT2D eigenvalue weighted by Crippen LogP contribution is 2.17. The molecule has 5 heteroatoms. The fourth-order valence-electron chi connectivity index (χ4n) is 2.00. The van der Waals surface area contributed by atoms with E-state index in [1.165, 1.54) is 0 Å². The van der Waals surface area contributed by atoms with Crippen LogP contribution < -0.4 is 10.6 Å². The Kier molecular flexibility index (Phi) is 4.40. The highest BCUT2D eigenvalue weighted by Gasteiger charge is 2.18. The average Bonchev–Trinajstić information content (AvgIpc) is 2.88. The molecule has 2 amide bonds. The highest BCUT2D eigenvalue weighted by molar-refractivity contribution is 6.07. The van der Waals surface area contributed by atoms with Crippen LogP contribution in [-0.2, 0) is 4.79 Å². The summed E-state index contributed by atoms with van der Waals surface area (Å²) in [7, 11) is 0. The Balaban J connectivity index is 2.06. The molecule has 1 atom stereocenters. The first-order chi connectivity index (χ1) is 9.63. The summed E-state index contributed by atoms with van der Waals surface area (Å²) in [6.45, 7) is 4.28. The van der Waals surface area contributed by atoms with E-state index >= 15 is 0 Å². The van der Waals surface area contributed by atoms with E-state index in [0.717, 1.165) is 17.3 Å². The van der Waals surface area contributed by atoms with E-state index in [2.05, 4.69) is 15.6 Å². The fourth-order valence-corrected chi connectivity index (χ4v) is 2.00. The fraction of sp³-hybridized carbons (Fsp3) is 0.333. The Morgan fingerprint density at radius 2 is 2.05 bits per heavy atom. The van der Waals surface area contributed by atoms with Gasteiger partial charge in [-0.25, -0.2) is 0 Å². The number of para-hydroxylation sites is 1. The van der Waals surface area contributed by atoms with E-state index in [1.54, 1.807) is 13.1 Å². The lowest BCUT2D eigenvalue weighted by Crippen LogP contribution is -2.44. The summed E-state index contributed by atoms with van der Waals surface area (Å²) < 4.78 is 0. The van der Waals surface area contributed by atoms with Crippen LogP contribution in [0, 0.1) is 0 Å². The molecule has 106 valence electrons. The number of carbonyl (C=O) groups is 2. The van der Waals surface area contributed by atoms with Gasteiger partial charge in [-0.1, -0.05) is 25.1 Å². The van der Waals surface area contributed by atoms with Gasteiger partial charge in [0.15, 0.2) is 0 Å². The third-order valence-corrected chi connectivity index (χ3v) is 3.12. The summed E-state index contributed by atoms with van der Waals surface area (Å²) in [5.41, 5.74) is 1.46. The van der Waals surface area contributed by atoms with E-state index in [-0.39, 0.29) is 11.8 Å². The van der Waals surface area contributed by atoms with Crippen molar-refractivity contribution in [2.24, 2.45) is 0 Å². The number of hydrogen-bond acceptors (Lipinski definition) is 2. The number of benzene rings is 1. The molecule has 0 aliphatic heterocycles. The van der Waals surface area contributed by atoms with Crippen molar-refractivity contribution >= 4 is 22.7 Å². The summed E-state index contributed by atoms with van der Waals surface area (Å²) in [6, 6.07) is 7.01. The lowest BCUT2D eigenvalue weighted by Gasteiger charge is -2.13. The summed E-state index contributed by atoms with van der Waals surface area (Å²) in [5.74, 6) is -0.415. The van der Waals surface area contributed by atoms with Crippen LogP contribution in [0.5, 0.6) is 0 Å². The molecule has 1 heterocycles. The van der Waals surface area contributed by atoms with Gasteiger partial charge in [0.2, 0.25) is 5.91 Å². The van der Waals surface area contributed by atoms with Crippen LogP contribution >= 0.6 is 0 Å². The largest absolute Gasteiger partial charge is 0.360 e. The Morgan fingerprint density at radius 3 is 2.80 bits per heavy atom. The molecule has 1 aromatic heterocycles. The highest BCUT2D eigenvalue weighted by atomic mass is 16.2. The quantitative estimate of drug-likeness (QED) is 0.777. The molecule has 0 aliphatic rings. The summed E-state index contributed by atoms with van der Waals surface area (Å²) in [6.07, 6.45) is 2.53. The third kappa shape index (κ3) is 2.99. The van der Waals surface area contributed by atoms with Crippen LogP contribution in [0.2, 0.25) is 0 Å². The zero-order valence-electron chi connectivity index (χ0n) is 11.7. The van der Waals surface area contributed by atoms with Crippen molar-refractivity contribution in [1.82, 2.24) is 15.6 Å². The maximum atomic E-state index is 12.2. The second-order valence-electron chi connectivity index (χ2n) is 4.73. The number of fused-ring (bicyclic) bond motifs is 1. The first-order valence-electron chi connectivity index (χ1n) is 6.78. The van der Waals surface area contributed by atoms with Gasteiger partial charge in [0.05, 0.1) is 5.56 Å². The van der Waals surface area contributed by atoms with Crippen molar-refractivity contribution in [3.63, 3.8) is 0 Å².